The summed E-state index contributed by atoms with van der Waals surface area (Å²) in [5.74, 6) is -0.708. The van der Waals surface area contributed by atoms with Gasteiger partial charge in [-0.25, -0.2) is 8.42 Å². The van der Waals surface area contributed by atoms with E-state index in [0.29, 0.717) is 5.69 Å². The van der Waals surface area contributed by atoms with E-state index in [2.05, 4.69) is 20.9 Å². The molecular formula is C19H22BrNO5S2. The number of pyridine rings is 1. The summed E-state index contributed by atoms with van der Waals surface area (Å²) in [6.45, 7) is 5.59. The van der Waals surface area contributed by atoms with Crippen LogP contribution in [0.15, 0.2) is 39.1 Å². The average Bonchev–Trinajstić information content (AvgIpc) is 3.12. The fourth-order valence-electron chi connectivity index (χ4n) is 2.97. The first-order valence-electron chi connectivity index (χ1n) is 8.83. The number of thiophene rings is 1. The van der Waals surface area contributed by atoms with E-state index in [0.717, 1.165) is 20.7 Å². The van der Waals surface area contributed by atoms with Crippen molar-refractivity contribution in [1.29, 1.82) is 0 Å². The molecule has 0 aromatic carbocycles. The molecule has 0 saturated carbocycles. The smallest absolute Gasteiger partial charge is 0.328 e. The summed E-state index contributed by atoms with van der Waals surface area (Å²) in [5.41, 5.74) is -0.104. The lowest BCUT2D eigenvalue weighted by Crippen LogP contribution is -2.52. The van der Waals surface area contributed by atoms with Gasteiger partial charge in [-0.1, -0.05) is 0 Å². The van der Waals surface area contributed by atoms with Crippen molar-refractivity contribution in [1.82, 2.24) is 4.98 Å². The van der Waals surface area contributed by atoms with Crippen LogP contribution >= 0.6 is 27.3 Å². The van der Waals surface area contributed by atoms with Crippen LogP contribution in [0.1, 0.15) is 33.6 Å². The molecule has 2 aromatic heterocycles. The number of rotatable bonds is 4. The molecule has 28 heavy (non-hydrogen) atoms. The average molecular weight is 488 g/mol. The molecule has 1 aliphatic heterocycles. The quantitative estimate of drug-likeness (QED) is 0.599. The summed E-state index contributed by atoms with van der Waals surface area (Å²) in [6, 6.07) is 6.91. The Morgan fingerprint density at radius 1 is 1.21 bits per heavy atom. The third kappa shape index (κ3) is 4.17. The Hall–Kier alpha value is -1.29. The molecule has 0 bridgehead atoms. The maximum atomic E-state index is 13.6. The molecule has 0 radical (unpaired) electrons. The van der Waals surface area contributed by atoms with Crippen LogP contribution in [0.4, 0.5) is 0 Å². The van der Waals surface area contributed by atoms with Gasteiger partial charge in [-0.15, -0.1) is 11.3 Å². The van der Waals surface area contributed by atoms with Crippen LogP contribution in [-0.2, 0) is 24.1 Å². The number of hydrogen-bond acceptors (Lipinski definition) is 7. The minimum atomic E-state index is -3.96. The van der Waals surface area contributed by atoms with Crippen LogP contribution in [0.5, 0.6) is 0 Å². The monoisotopic (exact) mass is 487 g/mol. The topological polar surface area (TPSA) is 82.6 Å². The number of carbonyl (C=O) groups excluding carboxylic acids is 1. The highest BCUT2D eigenvalue weighted by molar-refractivity contribution is 9.10. The van der Waals surface area contributed by atoms with E-state index in [9.17, 15) is 13.2 Å². The Balaban J connectivity index is 2.00. The van der Waals surface area contributed by atoms with Crippen molar-refractivity contribution in [2.45, 2.75) is 48.2 Å². The Morgan fingerprint density at radius 2 is 1.89 bits per heavy atom. The van der Waals surface area contributed by atoms with Gasteiger partial charge in [-0.3, -0.25) is 9.78 Å². The Labute approximate surface area is 177 Å². The molecular weight excluding hydrogens is 466 g/mol. The Bertz CT molecular complexity index is 955. The van der Waals surface area contributed by atoms with Crippen LogP contribution in [0.25, 0.3) is 10.6 Å². The standard InChI is InChI=1S/C19H22BrNO5S2/c1-18(2,3)26-17(22)19(8-10-25-11-9-19)28(23,24)16-7-6-15(27-16)14-5-4-13(20)12-21-14/h4-7,12H,8-11H2,1-3H3. The number of nitrogens with zero attached hydrogens (tertiary/aromatic N) is 1. The van der Waals surface area contributed by atoms with Crippen LogP contribution < -0.4 is 0 Å². The fourth-order valence-corrected chi connectivity index (χ4v) is 6.70. The van der Waals surface area contributed by atoms with E-state index in [-0.39, 0.29) is 30.3 Å². The molecule has 1 fully saturated rings. The van der Waals surface area contributed by atoms with Gasteiger partial charge in [0, 0.05) is 36.7 Å². The molecule has 152 valence electrons. The highest BCUT2D eigenvalue weighted by Crippen LogP contribution is 2.41. The second-order valence-electron chi connectivity index (χ2n) is 7.59. The van der Waals surface area contributed by atoms with Crippen molar-refractivity contribution in [2.75, 3.05) is 13.2 Å². The number of aromatic nitrogens is 1. The third-order valence-electron chi connectivity index (χ3n) is 4.41. The van der Waals surface area contributed by atoms with Crippen molar-refractivity contribution in [3.8, 4) is 10.6 Å². The van der Waals surface area contributed by atoms with Crippen molar-refractivity contribution >= 4 is 43.1 Å². The van der Waals surface area contributed by atoms with Gasteiger partial charge >= 0.3 is 5.97 Å². The minimum Gasteiger partial charge on any atom is -0.459 e. The highest BCUT2D eigenvalue weighted by atomic mass is 79.9. The van der Waals surface area contributed by atoms with Gasteiger partial charge < -0.3 is 9.47 Å². The molecule has 0 spiro atoms. The molecule has 0 atom stereocenters. The van der Waals surface area contributed by atoms with Crippen molar-refractivity contribution < 1.29 is 22.7 Å². The van der Waals surface area contributed by atoms with Crippen molar-refractivity contribution in [3.63, 3.8) is 0 Å². The van der Waals surface area contributed by atoms with E-state index < -0.39 is 26.2 Å². The van der Waals surface area contributed by atoms with Gasteiger partial charge in [-0.2, -0.15) is 0 Å². The van der Waals surface area contributed by atoms with Crippen LogP contribution in [0.2, 0.25) is 0 Å². The summed E-state index contributed by atoms with van der Waals surface area (Å²) in [4.78, 5) is 18.0. The van der Waals surface area contributed by atoms with Gasteiger partial charge in [0.15, 0.2) is 4.75 Å². The summed E-state index contributed by atoms with van der Waals surface area (Å²) < 4.78 is 37.3. The largest absolute Gasteiger partial charge is 0.459 e. The van der Waals surface area contributed by atoms with Crippen LogP contribution in [-0.4, -0.2) is 42.9 Å². The molecule has 2 aromatic rings. The molecule has 1 saturated heterocycles. The fraction of sp³-hybridized carbons (Fsp3) is 0.474. The first-order chi connectivity index (χ1) is 13.1. The van der Waals surface area contributed by atoms with Crippen molar-refractivity contribution in [3.05, 3.63) is 34.9 Å². The zero-order valence-electron chi connectivity index (χ0n) is 15.9. The molecule has 3 heterocycles. The number of halogens is 1. The van der Waals surface area contributed by atoms with E-state index in [1.165, 1.54) is 0 Å². The number of ether oxygens (including phenoxy) is 2. The van der Waals surface area contributed by atoms with E-state index in [1.54, 1.807) is 39.1 Å². The van der Waals surface area contributed by atoms with Crippen LogP contribution in [0, 0.1) is 0 Å². The predicted molar refractivity (Wildman–Crippen MR) is 111 cm³/mol. The van der Waals surface area contributed by atoms with Gasteiger partial charge in [0.25, 0.3) is 0 Å². The Kier molecular flexibility index (Phi) is 6.01. The van der Waals surface area contributed by atoms with Gasteiger partial charge in [-0.05, 0) is 61.0 Å². The molecule has 6 nitrogen and oxygen atoms in total. The van der Waals surface area contributed by atoms with Gasteiger partial charge in [0.1, 0.15) is 9.81 Å². The second kappa shape index (κ2) is 7.85. The molecule has 3 rings (SSSR count). The lowest BCUT2D eigenvalue weighted by Gasteiger charge is -2.36. The predicted octanol–water partition coefficient (Wildman–Crippen LogP) is 4.24. The lowest BCUT2D eigenvalue weighted by atomic mass is 9.99. The van der Waals surface area contributed by atoms with Gasteiger partial charge in [0.2, 0.25) is 9.84 Å². The van der Waals surface area contributed by atoms with E-state index >= 15 is 0 Å². The number of hydrogen-bond donors (Lipinski definition) is 0. The molecule has 1 aliphatic rings. The zero-order valence-corrected chi connectivity index (χ0v) is 19.1. The first kappa shape index (κ1) is 21.4. The first-order valence-corrected chi connectivity index (χ1v) is 11.9. The lowest BCUT2D eigenvalue weighted by molar-refractivity contribution is -0.160. The summed E-state index contributed by atoms with van der Waals surface area (Å²) >= 11 is 4.45. The van der Waals surface area contributed by atoms with E-state index in [1.807, 2.05) is 12.1 Å². The SMILES string of the molecule is CC(C)(C)OC(=O)C1(S(=O)(=O)c2ccc(-c3ccc(Br)cn3)s2)CCOCC1. The molecule has 9 heteroatoms. The van der Waals surface area contributed by atoms with Gasteiger partial charge in [0.05, 0.1) is 10.6 Å². The normalized spacial score (nSPS) is 17.3. The maximum absolute atomic E-state index is 13.6. The number of sulfone groups is 1. The number of carbonyl (C=O) groups is 1. The molecule has 0 unspecified atom stereocenters. The zero-order chi connectivity index (χ0) is 20.6. The Morgan fingerprint density at radius 3 is 2.46 bits per heavy atom. The van der Waals surface area contributed by atoms with Crippen LogP contribution in [0.3, 0.4) is 0 Å². The highest BCUT2D eigenvalue weighted by Gasteiger charge is 2.54. The summed E-state index contributed by atoms with van der Waals surface area (Å²) in [6.07, 6.45) is 1.81. The van der Waals surface area contributed by atoms with Crippen molar-refractivity contribution in [2.24, 2.45) is 0 Å². The molecule has 0 amide bonds. The van der Waals surface area contributed by atoms with E-state index in [4.69, 9.17) is 9.47 Å². The molecule has 0 N–H and O–H groups in total. The maximum Gasteiger partial charge on any atom is 0.328 e. The third-order valence-corrected chi connectivity index (χ3v) is 8.96. The summed E-state index contributed by atoms with van der Waals surface area (Å²) in [5, 5.41) is 0. The number of esters is 1. The summed E-state index contributed by atoms with van der Waals surface area (Å²) in [7, 11) is -3.96. The second-order valence-corrected chi connectivity index (χ2v) is 12.1. The molecule has 0 aliphatic carbocycles. The minimum absolute atomic E-state index is 0.0774.